The molecule has 0 radical (unpaired) electrons. The Bertz CT molecular complexity index is 670. The molecule has 0 aromatic carbocycles. The first kappa shape index (κ1) is 13.4. The maximum absolute atomic E-state index is 13.0. The van der Waals surface area contributed by atoms with E-state index in [0.717, 1.165) is 18.5 Å². The van der Waals surface area contributed by atoms with Gasteiger partial charge in [-0.25, -0.2) is 14.2 Å². The number of aromatic nitrogens is 1. The molecular weight excluding hydrogens is 279 g/mol. The Morgan fingerprint density at radius 1 is 1.58 bits per heavy atom. The van der Waals surface area contributed by atoms with Crippen molar-refractivity contribution < 1.29 is 26.9 Å². The number of carbonyl (C=O) groups excluding carboxylic acids is 1. The molecule has 1 aliphatic heterocycles. The SMILES string of the molecule is CS(=O)(=O)OC(=O)C1=CNc2ncc(F)cc2C1O. The summed E-state index contributed by atoms with van der Waals surface area (Å²) in [6.45, 7) is 0. The predicted molar refractivity (Wildman–Crippen MR) is 61.8 cm³/mol. The van der Waals surface area contributed by atoms with E-state index in [2.05, 4.69) is 14.5 Å². The summed E-state index contributed by atoms with van der Waals surface area (Å²) in [6, 6.07) is 0.987. The number of anilines is 1. The van der Waals surface area contributed by atoms with Gasteiger partial charge in [0.2, 0.25) is 0 Å². The second kappa shape index (κ2) is 4.59. The zero-order valence-electron chi connectivity index (χ0n) is 9.62. The van der Waals surface area contributed by atoms with Crippen molar-refractivity contribution in [2.75, 3.05) is 11.6 Å². The lowest BCUT2D eigenvalue weighted by molar-refractivity contribution is -0.130. The third kappa shape index (κ3) is 2.88. The van der Waals surface area contributed by atoms with Gasteiger partial charge in [-0.15, -0.1) is 0 Å². The zero-order valence-corrected chi connectivity index (χ0v) is 10.4. The second-order valence-electron chi connectivity index (χ2n) is 3.81. The van der Waals surface area contributed by atoms with E-state index < -0.39 is 28.0 Å². The van der Waals surface area contributed by atoms with Crippen molar-refractivity contribution in [1.29, 1.82) is 0 Å². The zero-order chi connectivity index (χ0) is 14.2. The summed E-state index contributed by atoms with van der Waals surface area (Å²) in [5.74, 6) is -1.76. The Morgan fingerprint density at radius 2 is 2.26 bits per heavy atom. The highest BCUT2D eigenvalue weighted by Gasteiger charge is 2.30. The van der Waals surface area contributed by atoms with Crippen LogP contribution in [-0.4, -0.2) is 30.7 Å². The lowest BCUT2D eigenvalue weighted by Gasteiger charge is -2.21. The molecule has 2 rings (SSSR count). The first-order chi connectivity index (χ1) is 8.78. The maximum atomic E-state index is 13.0. The summed E-state index contributed by atoms with van der Waals surface area (Å²) in [7, 11) is -4.00. The lowest BCUT2D eigenvalue weighted by Crippen LogP contribution is -2.22. The number of fused-ring (bicyclic) bond motifs is 1. The van der Waals surface area contributed by atoms with Crippen LogP contribution in [0.2, 0.25) is 0 Å². The summed E-state index contributed by atoms with van der Waals surface area (Å²) in [4.78, 5) is 15.2. The molecule has 0 amide bonds. The number of pyridine rings is 1. The van der Waals surface area contributed by atoms with E-state index >= 15 is 0 Å². The van der Waals surface area contributed by atoms with Gasteiger partial charge >= 0.3 is 16.1 Å². The molecule has 1 atom stereocenters. The Kier molecular flexibility index (Phi) is 3.25. The van der Waals surface area contributed by atoms with Crippen molar-refractivity contribution in [2.24, 2.45) is 0 Å². The van der Waals surface area contributed by atoms with Gasteiger partial charge in [-0.1, -0.05) is 0 Å². The molecule has 7 nitrogen and oxygen atoms in total. The van der Waals surface area contributed by atoms with Crippen molar-refractivity contribution >= 4 is 21.9 Å². The van der Waals surface area contributed by atoms with Gasteiger partial charge in [-0.05, 0) is 6.07 Å². The third-order valence-electron chi connectivity index (χ3n) is 2.30. The molecule has 0 aliphatic carbocycles. The van der Waals surface area contributed by atoms with E-state index in [1.165, 1.54) is 0 Å². The lowest BCUT2D eigenvalue weighted by atomic mass is 10.0. The second-order valence-corrected chi connectivity index (χ2v) is 5.39. The van der Waals surface area contributed by atoms with Gasteiger partial charge in [0.05, 0.1) is 18.0 Å². The number of aliphatic hydroxyl groups is 1. The monoisotopic (exact) mass is 288 g/mol. The molecule has 2 N–H and O–H groups in total. The quantitative estimate of drug-likeness (QED) is 0.741. The van der Waals surface area contributed by atoms with Crippen LogP contribution in [0.15, 0.2) is 24.0 Å². The third-order valence-corrected chi connectivity index (χ3v) is 2.75. The van der Waals surface area contributed by atoms with E-state index in [-0.39, 0.29) is 17.0 Å². The molecule has 9 heteroatoms. The van der Waals surface area contributed by atoms with Gasteiger partial charge < -0.3 is 14.6 Å². The molecule has 0 fully saturated rings. The van der Waals surface area contributed by atoms with Crippen LogP contribution >= 0.6 is 0 Å². The molecule has 102 valence electrons. The summed E-state index contributed by atoms with van der Waals surface area (Å²) in [5.41, 5.74) is -0.340. The van der Waals surface area contributed by atoms with E-state index in [1.54, 1.807) is 0 Å². The van der Waals surface area contributed by atoms with Gasteiger partial charge in [-0.2, -0.15) is 8.42 Å². The van der Waals surface area contributed by atoms with Gasteiger partial charge in [0.15, 0.2) is 0 Å². The Morgan fingerprint density at radius 3 is 2.89 bits per heavy atom. The van der Waals surface area contributed by atoms with Crippen LogP contribution in [0.4, 0.5) is 10.2 Å². The van der Waals surface area contributed by atoms with E-state index in [4.69, 9.17) is 0 Å². The molecule has 0 saturated carbocycles. The van der Waals surface area contributed by atoms with Crippen LogP contribution in [0.25, 0.3) is 0 Å². The van der Waals surface area contributed by atoms with Gasteiger partial charge in [0.25, 0.3) is 0 Å². The van der Waals surface area contributed by atoms with Crippen molar-refractivity contribution in [3.8, 4) is 0 Å². The van der Waals surface area contributed by atoms with Crippen LogP contribution in [0, 0.1) is 5.82 Å². The van der Waals surface area contributed by atoms with Crippen molar-refractivity contribution in [3.63, 3.8) is 0 Å². The molecule has 2 heterocycles. The number of hydrogen-bond donors (Lipinski definition) is 2. The molecule has 0 bridgehead atoms. The Hall–Kier alpha value is -2.00. The average Bonchev–Trinajstić information content (AvgIpc) is 2.28. The molecular formula is C10H9FN2O5S. The van der Waals surface area contributed by atoms with Gasteiger partial charge in [0.1, 0.15) is 17.7 Å². The molecule has 0 saturated heterocycles. The first-order valence-corrected chi connectivity index (χ1v) is 6.83. The van der Waals surface area contributed by atoms with Crippen molar-refractivity contribution in [2.45, 2.75) is 6.10 Å². The Balaban J connectivity index is 2.32. The number of rotatable bonds is 2. The summed E-state index contributed by atoms with van der Waals surface area (Å²) in [5, 5.41) is 12.4. The minimum Gasteiger partial charge on any atom is -0.383 e. The normalized spacial score (nSPS) is 18.1. The standard InChI is InChI=1S/C10H9FN2O5S/c1-19(16,17)18-10(15)7-4-13-9-6(8(7)14)2-5(11)3-12-9/h2-4,8,14H,1H3,(H,12,13). The topological polar surface area (TPSA) is 106 Å². The Labute approximate surface area is 107 Å². The fourth-order valence-electron chi connectivity index (χ4n) is 1.53. The number of carbonyl (C=O) groups is 1. The minimum atomic E-state index is -4.00. The van der Waals surface area contributed by atoms with Crippen LogP contribution < -0.4 is 5.32 Å². The number of halogens is 1. The van der Waals surface area contributed by atoms with Gasteiger partial charge in [-0.3, -0.25) is 0 Å². The van der Waals surface area contributed by atoms with E-state index in [1.807, 2.05) is 0 Å². The molecule has 1 aromatic heterocycles. The van der Waals surface area contributed by atoms with E-state index in [0.29, 0.717) is 6.26 Å². The molecule has 1 aliphatic rings. The highest BCUT2D eigenvalue weighted by Crippen LogP contribution is 2.32. The molecule has 1 aromatic rings. The summed E-state index contributed by atoms with van der Waals surface area (Å²) in [6.07, 6.45) is 1.18. The van der Waals surface area contributed by atoms with Crippen molar-refractivity contribution in [3.05, 3.63) is 35.4 Å². The number of nitrogens with zero attached hydrogens (tertiary/aromatic N) is 1. The van der Waals surface area contributed by atoms with Crippen molar-refractivity contribution in [1.82, 2.24) is 4.98 Å². The van der Waals surface area contributed by atoms with E-state index in [9.17, 15) is 22.7 Å². The van der Waals surface area contributed by atoms with Crippen LogP contribution in [0.3, 0.4) is 0 Å². The molecule has 1 unspecified atom stereocenters. The minimum absolute atomic E-state index is 0.0166. The van der Waals surface area contributed by atoms with Crippen LogP contribution in [0.1, 0.15) is 11.7 Å². The molecule has 19 heavy (non-hydrogen) atoms. The van der Waals surface area contributed by atoms with Gasteiger partial charge in [0, 0.05) is 11.8 Å². The molecule has 0 spiro atoms. The largest absolute Gasteiger partial charge is 0.383 e. The van der Waals surface area contributed by atoms with Crippen LogP contribution in [0.5, 0.6) is 0 Å². The highest BCUT2D eigenvalue weighted by atomic mass is 32.2. The summed E-state index contributed by atoms with van der Waals surface area (Å²) >= 11 is 0. The fourth-order valence-corrected chi connectivity index (χ4v) is 1.90. The number of nitrogens with one attached hydrogen (secondary N) is 1. The predicted octanol–water partition coefficient (Wildman–Crippen LogP) is 0.0663. The number of aliphatic hydroxyl groups excluding tert-OH is 1. The first-order valence-electron chi connectivity index (χ1n) is 5.02. The highest BCUT2D eigenvalue weighted by molar-refractivity contribution is 7.86. The maximum Gasteiger partial charge on any atom is 0.354 e. The summed E-state index contributed by atoms with van der Waals surface area (Å²) < 4.78 is 38.9. The fraction of sp³-hybridized carbons (Fsp3) is 0.200. The number of hydrogen-bond acceptors (Lipinski definition) is 7. The average molecular weight is 288 g/mol. The van der Waals surface area contributed by atoms with Crippen LogP contribution in [-0.2, 0) is 19.1 Å². The smallest absolute Gasteiger partial charge is 0.354 e.